The van der Waals surface area contributed by atoms with Crippen LogP contribution in [-0.4, -0.2) is 6.54 Å². The first-order valence-electron chi connectivity index (χ1n) is 3.86. The predicted octanol–water partition coefficient (Wildman–Crippen LogP) is 2.36. The fraction of sp³-hybridized carbons (Fsp3) is 0.200. The molecule has 0 fully saturated rings. The minimum atomic E-state index is 0.942. The topological polar surface area (TPSA) is 12.0 Å². The molecule has 62 valence electrons. The molecule has 1 aromatic carbocycles. The summed E-state index contributed by atoms with van der Waals surface area (Å²) >= 11 is 3.82. The Balaban J connectivity index is 2.76. The molecule has 1 nitrogen and oxygen atoms in total. The molecule has 0 amide bonds. The Bertz CT molecular complexity index is 292. The molecule has 0 aliphatic rings. The number of nitrogens with one attached hydrogen (secondary N) is 1. The van der Waals surface area contributed by atoms with Crippen molar-refractivity contribution in [1.82, 2.24) is 0 Å². The molecule has 0 aliphatic carbocycles. The van der Waals surface area contributed by atoms with E-state index in [0.717, 1.165) is 17.8 Å². The van der Waals surface area contributed by atoms with Gasteiger partial charge < -0.3 is 5.32 Å². The Morgan fingerprint density at radius 3 is 2.50 bits per heavy atom. The quantitative estimate of drug-likeness (QED) is 0.522. The Labute approximate surface area is 78.6 Å². The molecule has 12 heavy (non-hydrogen) atoms. The lowest BCUT2D eigenvalue weighted by Crippen LogP contribution is -1.95. The van der Waals surface area contributed by atoms with Crippen LogP contribution in [0.3, 0.4) is 0 Å². The number of thiol groups is 1. The van der Waals surface area contributed by atoms with E-state index in [0.29, 0.717) is 0 Å². The fourth-order valence-electron chi connectivity index (χ4n) is 0.940. The van der Waals surface area contributed by atoms with Gasteiger partial charge in [0.1, 0.15) is 0 Å². The third-order valence-corrected chi connectivity index (χ3v) is 1.58. The second-order valence-electron chi connectivity index (χ2n) is 2.34. The third kappa shape index (κ3) is 2.52. The van der Waals surface area contributed by atoms with E-state index in [2.05, 4.69) is 36.0 Å². The smallest absolute Gasteiger partial charge is 0.0340 e. The second-order valence-corrected chi connectivity index (χ2v) is 2.57. The van der Waals surface area contributed by atoms with Gasteiger partial charge in [0.05, 0.1) is 0 Å². The van der Waals surface area contributed by atoms with Crippen molar-refractivity contribution in [3.05, 3.63) is 29.8 Å². The molecule has 0 radical (unpaired) electrons. The Kier molecular flexibility index (Phi) is 3.56. The average molecular weight is 177 g/mol. The number of hydrogen-bond donors (Lipinski definition) is 2. The number of hydrogen-bond acceptors (Lipinski definition) is 2. The van der Waals surface area contributed by atoms with E-state index in [-0.39, 0.29) is 0 Å². The van der Waals surface area contributed by atoms with Crippen LogP contribution < -0.4 is 5.32 Å². The summed E-state index contributed by atoms with van der Waals surface area (Å²) in [5.74, 6) is 2.86. The Morgan fingerprint density at radius 2 is 2.00 bits per heavy atom. The maximum absolute atomic E-state index is 3.82. The fourth-order valence-corrected chi connectivity index (χ4v) is 1.07. The molecule has 2 heteroatoms. The van der Waals surface area contributed by atoms with Crippen LogP contribution in [0.5, 0.6) is 0 Å². The largest absolute Gasteiger partial charge is 0.385 e. The highest BCUT2D eigenvalue weighted by molar-refractivity contribution is 7.85. The zero-order valence-electron chi connectivity index (χ0n) is 6.96. The van der Waals surface area contributed by atoms with Gasteiger partial charge in [-0.1, -0.05) is 18.5 Å². The van der Waals surface area contributed by atoms with Crippen molar-refractivity contribution in [1.29, 1.82) is 0 Å². The normalized spacial score (nSPS) is 8.50. The molecule has 0 aliphatic heterocycles. The van der Waals surface area contributed by atoms with Gasteiger partial charge in [-0.25, -0.2) is 0 Å². The van der Waals surface area contributed by atoms with Crippen LogP contribution in [0.15, 0.2) is 24.3 Å². The highest BCUT2D eigenvalue weighted by Crippen LogP contribution is 2.07. The monoisotopic (exact) mass is 177 g/mol. The number of benzene rings is 1. The Morgan fingerprint density at radius 1 is 1.33 bits per heavy atom. The molecule has 0 unspecified atom stereocenters. The van der Waals surface area contributed by atoms with Gasteiger partial charge in [0, 0.05) is 17.8 Å². The van der Waals surface area contributed by atoms with Gasteiger partial charge >= 0.3 is 0 Å². The molecular weight excluding hydrogens is 166 g/mol. The maximum Gasteiger partial charge on any atom is 0.0340 e. The second kappa shape index (κ2) is 4.74. The highest BCUT2D eigenvalue weighted by atomic mass is 32.1. The van der Waals surface area contributed by atoms with E-state index in [9.17, 15) is 0 Å². The van der Waals surface area contributed by atoms with Crippen molar-refractivity contribution >= 4 is 18.3 Å². The van der Waals surface area contributed by atoms with Crippen LogP contribution in [0.1, 0.15) is 12.5 Å². The van der Waals surface area contributed by atoms with Gasteiger partial charge in [-0.05, 0) is 36.4 Å². The van der Waals surface area contributed by atoms with E-state index >= 15 is 0 Å². The first-order valence-corrected chi connectivity index (χ1v) is 4.30. The lowest BCUT2D eigenvalue weighted by molar-refractivity contribution is 1.21. The van der Waals surface area contributed by atoms with Crippen molar-refractivity contribution in [3.8, 4) is 11.2 Å². The van der Waals surface area contributed by atoms with E-state index in [1.165, 1.54) is 0 Å². The minimum Gasteiger partial charge on any atom is -0.385 e. The summed E-state index contributed by atoms with van der Waals surface area (Å²) < 4.78 is 0. The van der Waals surface area contributed by atoms with Gasteiger partial charge in [0.25, 0.3) is 0 Å². The molecule has 1 aromatic rings. The van der Waals surface area contributed by atoms with Gasteiger partial charge in [-0.3, -0.25) is 0 Å². The van der Waals surface area contributed by atoms with E-state index in [1.807, 2.05) is 24.3 Å². The third-order valence-electron chi connectivity index (χ3n) is 1.47. The number of rotatable bonds is 2. The SMILES string of the molecule is CCNc1ccc(C#CS)cc1. The predicted molar refractivity (Wildman–Crippen MR) is 56.5 cm³/mol. The molecule has 1 rings (SSSR count). The van der Waals surface area contributed by atoms with Crippen LogP contribution in [0.25, 0.3) is 0 Å². The first kappa shape index (κ1) is 9.02. The van der Waals surface area contributed by atoms with Crippen molar-refractivity contribution in [2.24, 2.45) is 0 Å². The molecule has 0 bridgehead atoms. The zero-order chi connectivity index (χ0) is 8.81. The summed E-state index contributed by atoms with van der Waals surface area (Å²) in [6, 6.07) is 7.97. The maximum atomic E-state index is 3.82. The molecule has 0 aromatic heterocycles. The molecule has 0 saturated heterocycles. The van der Waals surface area contributed by atoms with Crippen molar-refractivity contribution < 1.29 is 0 Å². The minimum absolute atomic E-state index is 0.942. The van der Waals surface area contributed by atoms with Crippen LogP contribution in [0.2, 0.25) is 0 Å². The molecule has 0 saturated carbocycles. The van der Waals surface area contributed by atoms with Gasteiger partial charge in [0.15, 0.2) is 0 Å². The first-order chi connectivity index (χ1) is 5.86. The van der Waals surface area contributed by atoms with E-state index in [1.54, 1.807) is 0 Å². The summed E-state index contributed by atoms with van der Waals surface area (Å²) in [5.41, 5.74) is 2.12. The molecule has 0 spiro atoms. The van der Waals surface area contributed by atoms with Gasteiger partial charge in [-0.15, -0.1) is 0 Å². The van der Waals surface area contributed by atoms with E-state index < -0.39 is 0 Å². The van der Waals surface area contributed by atoms with Gasteiger partial charge in [-0.2, -0.15) is 0 Å². The van der Waals surface area contributed by atoms with Crippen molar-refractivity contribution in [2.75, 3.05) is 11.9 Å². The average Bonchev–Trinajstić information content (AvgIpc) is 2.09. The summed E-state index contributed by atoms with van der Waals surface area (Å²) in [7, 11) is 0. The highest BCUT2D eigenvalue weighted by Gasteiger charge is 1.88. The number of anilines is 1. The summed E-state index contributed by atoms with van der Waals surface area (Å²) in [5, 5.41) is 5.77. The summed E-state index contributed by atoms with van der Waals surface area (Å²) in [6.45, 7) is 3.01. The van der Waals surface area contributed by atoms with Crippen LogP contribution in [0, 0.1) is 11.2 Å². The molecule has 0 heterocycles. The van der Waals surface area contributed by atoms with Crippen LogP contribution >= 0.6 is 12.6 Å². The summed E-state index contributed by atoms with van der Waals surface area (Å²) in [4.78, 5) is 0. The lowest BCUT2D eigenvalue weighted by atomic mass is 10.2. The van der Waals surface area contributed by atoms with E-state index in [4.69, 9.17) is 0 Å². The lowest BCUT2D eigenvalue weighted by Gasteiger charge is -2.01. The summed E-state index contributed by atoms with van der Waals surface area (Å²) in [6.07, 6.45) is 0. The molecular formula is C10H11NS. The van der Waals surface area contributed by atoms with Crippen molar-refractivity contribution in [2.45, 2.75) is 6.92 Å². The standard InChI is InChI=1S/C10H11NS/c1-2-11-10-5-3-9(4-6-10)7-8-12/h3-6,11-12H,2H2,1H3. The van der Waals surface area contributed by atoms with Gasteiger partial charge in [0.2, 0.25) is 0 Å². The van der Waals surface area contributed by atoms with Crippen molar-refractivity contribution in [3.63, 3.8) is 0 Å². The molecule has 0 atom stereocenters. The van der Waals surface area contributed by atoms with Crippen LogP contribution in [-0.2, 0) is 0 Å². The van der Waals surface area contributed by atoms with Crippen LogP contribution in [0.4, 0.5) is 5.69 Å². The Hall–Kier alpha value is -1.07. The molecule has 1 N–H and O–H groups in total. The zero-order valence-corrected chi connectivity index (χ0v) is 7.86.